The van der Waals surface area contributed by atoms with Gasteiger partial charge in [0.25, 0.3) is 0 Å². The molecule has 2 aromatic rings. The van der Waals surface area contributed by atoms with Crippen molar-refractivity contribution in [2.45, 2.75) is 19.4 Å². The molecule has 1 unspecified atom stereocenters. The number of hydrogen-bond acceptors (Lipinski definition) is 1. The average molecular weight is 312 g/mol. The Morgan fingerprint density at radius 3 is 2.15 bits per heavy atom. The van der Waals surface area contributed by atoms with Crippen molar-refractivity contribution >= 4 is 23.2 Å². The summed E-state index contributed by atoms with van der Waals surface area (Å²) in [4.78, 5) is 0. The third-order valence-corrected chi connectivity index (χ3v) is 3.46. The van der Waals surface area contributed by atoms with Crippen LogP contribution < -0.4 is 5.32 Å². The van der Waals surface area contributed by atoms with Gasteiger partial charge in [-0.25, -0.2) is 4.39 Å². The second-order valence-corrected chi connectivity index (χ2v) is 5.51. The first-order valence-electron chi connectivity index (χ1n) is 6.55. The molecule has 0 saturated heterocycles. The highest BCUT2D eigenvalue weighted by Crippen LogP contribution is 2.28. The van der Waals surface area contributed by atoms with Gasteiger partial charge < -0.3 is 5.32 Å². The Bertz CT molecular complexity index is 549. The monoisotopic (exact) mass is 311 g/mol. The standard InChI is InChI=1S/C16H16Cl2FN/c1-2-7-20-16(11-3-5-15(19)6-4-11)12-8-13(17)10-14(18)9-12/h3-6,8-10,16,20H,2,7H2,1H3. The molecule has 2 rings (SSSR count). The van der Waals surface area contributed by atoms with E-state index in [4.69, 9.17) is 23.2 Å². The van der Waals surface area contributed by atoms with Gasteiger partial charge in [0.05, 0.1) is 6.04 Å². The van der Waals surface area contributed by atoms with Crippen LogP contribution in [0.5, 0.6) is 0 Å². The van der Waals surface area contributed by atoms with Crippen molar-refractivity contribution in [3.8, 4) is 0 Å². The van der Waals surface area contributed by atoms with Gasteiger partial charge in [-0.05, 0) is 54.4 Å². The van der Waals surface area contributed by atoms with Crippen molar-refractivity contribution in [2.24, 2.45) is 0 Å². The lowest BCUT2D eigenvalue weighted by molar-refractivity contribution is 0.593. The van der Waals surface area contributed by atoms with Crippen LogP contribution >= 0.6 is 23.2 Å². The number of nitrogens with one attached hydrogen (secondary N) is 1. The Morgan fingerprint density at radius 1 is 1.00 bits per heavy atom. The molecule has 0 bridgehead atoms. The van der Waals surface area contributed by atoms with E-state index in [0.717, 1.165) is 24.1 Å². The molecule has 1 nitrogen and oxygen atoms in total. The number of hydrogen-bond donors (Lipinski definition) is 1. The molecule has 0 saturated carbocycles. The predicted octanol–water partition coefficient (Wildman–Crippen LogP) is 5.22. The molecule has 106 valence electrons. The molecule has 0 fully saturated rings. The summed E-state index contributed by atoms with van der Waals surface area (Å²) < 4.78 is 13.1. The lowest BCUT2D eigenvalue weighted by Gasteiger charge is -2.20. The Labute approximate surface area is 128 Å². The van der Waals surface area contributed by atoms with Crippen molar-refractivity contribution in [3.63, 3.8) is 0 Å². The average Bonchev–Trinajstić information content (AvgIpc) is 2.40. The second-order valence-electron chi connectivity index (χ2n) is 4.64. The molecule has 2 aromatic carbocycles. The number of rotatable bonds is 5. The van der Waals surface area contributed by atoms with Crippen molar-refractivity contribution in [2.75, 3.05) is 6.54 Å². The minimum Gasteiger partial charge on any atom is -0.306 e. The fourth-order valence-electron chi connectivity index (χ4n) is 2.11. The smallest absolute Gasteiger partial charge is 0.123 e. The van der Waals surface area contributed by atoms with E-state index < -0.39 is 0 Å². The SMILES string of the molecule is CCCNC(c1ccc(F)cc1)c1cc(Cl)cc(Cl)c1. The summed E-state index contributed by atoms with van der Waals surface area (Å²) in [5, 5.41) is 4.63. The summed E-state index contributed by atoms with van der Waals surface area (Å²) in [7, 11) is 0. The fraction of sp³-hybridized carbons (Fsp3) is 0.250. The normalized spacial score (nSPS) is 12.4. The molecule has 0 aliphatic rings. The van der Waals surface area contributed by atoms with Gasteiger partial charge in [-0.2, -0.15) is 0 Å². The van der Waals surface area contributed by atoms with Gasteiger partial charge in [-0.1, -0.05) is 42.3 Å². The quantitative estimate of drug-likeness (QED) is 0.798. The van der Waals surface area contributed by atoms with Crippen LogP contribution in [0.1, 0.15) is 30.5 Å². The molecule has 1 N–H and O–H groups in total. The summed E-state index contributed by atoms with van der Waals surface area (Å²) in [6.45, 7) is 2.95. The minimum atomic E-state index is -0.243. The molecule has 4 heteroatoms. The van der Waals surface area contributed by atoms with Crippen molar-refractivity contribution < 1.29 is 4.39 Å². The molecule has 0 radical (unpaired) electrons. The molecular formula is C16H16Cl2FN. The molecular weight excluding hydrogens is 296 g/mol. The van der Waals surface area contributed by atoms with E-state index in [9.17, 15) is 4.39 Å². The Morgan fingerprint density at radius 2 is 1.60 bits per heavy atom. The molecule has 0 heterocycles. The topological polar surface area (TPSA) is 12.0 Å². The summed E-state index contributed by atoms with van der Waals surface area (Å²) >= 11 is 12.1. The van der Waals surface area contributed by atoms with Gasteiger partial charge in [-0.3, -0.25) is 0 Å². The van der Waals surface area contributed by atoms with Crippen molar-refractivity contribution in [1.82, 2.24) is 5.32 Å². The second kappa shape index (κ2) is 7.07. The lowest BCUT2D eigenvalue weighted by atomic mass is 9.98. The minimum absolute atomic E-state index is 0.0493. The van der Waals surface area contributed by atoms with Gasteiger partial charge in [0.1, 0.15) is 5.82 Å². The maximum Gasteiger partial charge on any atom is 0.123 e. The highest BCUT2D eigenvalue weighted by atomic mass is 35.5. The third-order valence-electron chi connectivity index (χ3n) is 3.02. The van der Waals surface area contributed by atoms with Crippen LogP contribution in [0.2, 0.25) is 10.0 Å². The van der Waals surface area contributed by atoms with Crippen molar-refractivity contribution in [3.05, 3.63) is 69.5 Å². The summed E-state index contributed by atoms with van der Waals surface area (Å²) in [6.07, 6.45) is 1.01. The van der Waals surface area contributed by atoms with Gasteiger partial charge in [0, 0.05) is 10.0 Å². The highest BCUT2D eigenvalue weighted by Gasteiger charge is 2.14. The summed E-state index contributed by atoms with van der Waals surface area (Å²) in [6, 6.07) is 11.9. The first kappa shape index (κ1) is 15.3. The predicted molar refractivity (Wildman–Crippen MR) is 83.0 cm³/mol. The zero-order valence-electron chi connectivity index (χ0n) is 11.2. The molecule has 20 heavy (non-hydrogen) atoms. The maximum absolute atomic E-state index is 13.1. The van der Waals surface area contributed by atoms with Crippen LogP contribution in [0.15, 0.2) is 42.5 Å². The van der Waals surface area contributed by atoms with E-state index in [2.05, 4.69) is 12.2 Å². The first-order chi connectivity index (χ1) is 9.60. The van der Waals surface area contributed by atoms with Crippen molar-refractivity contribution in [1.29, 1.82) is 0 Å². The van der Waals surface area contributed by atoms with Gasteiger partial charge in [-0.15, -0.1) is 0 Å². The van der Waals surface area contributed by atoms with Gasteiger partial charge in [0.2, 0.25) is 0 Å². The summed E-state index contributed by atoms with van der Waals surface area (Å²) in [5.74, 6) is -0.243. The zero-order chi connectivity index (χ0) is 14.5. The van der Waals surface area contributed by atoms with Crippen LogP contribution in [0.4, 0.5) is 4.39 Å². The molecule has 0 aromatic heterocycles. The molecule has 0 spiro atoms. The van der Waals surface area contributed by atoms with E-state index in [1.807, 2.05) is 12.1 Å². The Balaban J connectivity index is 2.38. The Hall–Kier alpha value is -1.09. The van der Waals surface area contributed by atoms with E-state index in [1.165, 1.54) is 12.1 Å². The summed E-state index contributed by atoms with van der Waals surface area (Å²) in [5.41, 5.74) is 1.96. The van der Waals surface area contributed by atoms with Gasteiger partial charge >= 0.3 is 0 Å². The Kier molecular flexibility index (Phi) is 5.41. The van der Waals surface area contributed by atoms with Crippen LogP contribution in [-0.2, 0) is 0 Å². The van der Waals surface area contributed by atoms with Crippen LogP contribution in [-0.4, -0.2) is 6.54 Å². The van der Waals surface area contributed by atoms with E-state index >= 15 is 0 Å². The van der Waals surface area contributed by atoms with E-state index in [0.29, 0.717) is 10.0 Å². The first-order valence-corrected chi connectivity index (χ1v) is 7.30. The highest BCUT2D eigenvalue weighted by molar-refractivity contribution is 6.34. The van der Waals surface area contributed by atoms with Gasteiger partial charge in [0.15, 0.2) is 0 Å². The fourth-order valence-corrected chi connectivity index (χ4v) is 2.66. The van der Waals surface area contributed by atoms with E-state index in [-0.39, 0.29) is 11.9 Å². The van der Waals surface area contributed by atoms with E-state index in [1.54, 1.807) is 18.2 Å². The third kappa shape index (κ3) is 3.95. The maximum atomic E-state index is 13.1. The lowest BCUT2D eigenvalue weighted by Crippen LogP contribution is -2.23. The molecule has 1 atom stereocenters. The van der Waals surface area contributed by atoms with Crippen LogP contribution in [0.25, 0.3) is 0 Å². The largest absolute Gasteiger partial charge is 0.306 e. The van der Waals surface area contributed by atoms with Crippen LogP contribution in [0, 0.1) is 5.82 Å². The number of halogens is 3. The zero-order valence-corrected chi connectivity index (χ0v) is 12.7. The molecule has 0 aliphatic carbocycles. The molecule has 0 aliphatic heterocycles. The van der Waals surface area contributed by atoms with Crippen LogP contribution in [0.3, 0.4) is 0 Å². The number of benzene rings is 2. The molecule has 0 amide bonds.